The summed E-state index contributed by atoms with van der Waals surface area (Å²) in [6.45, 7) is 8.23. The summed E-state index contributed by atoms with van der Waals surface area (Å²) in [5.41, 5.74) is 4.83. The van der Waals surface area contributed by atoms with Crippen LogP contribution in [0.25, 0.3) is 23.1 Å². The molecule has 1 unspecified atom stereocenters. The lowest BCUT2D eigenvalue weighted by atomic mass is 9.91. The summed E-state index contributed by atoms with van der Waals surface area (Å²) in [4.78, 5) is 14.2. The fourth-order valence-corrected chi connectivity index (χ4v) is 5.56. The molecule has 1 amide bonds. The van der Waals surface area contributed by atoms with Gasteiger partial charge >= 0.3 is 6.09 Å². The molecule has 5 rings (SSSR count). The first-order chi connectivity index (χ1) is 20.3. The molecule has 3 aromatic rings. The van der Waals surface area contributed by atoms with Crippen LogP contribution in [-0.4, -0.2) is 47.7 Å². The highest BCUT2D eigenvalue weighted by Gasteiger charge is 2.27. The zero-order valence-corrected chi connectivity index (χ0v) is 24.9. The SMILES string of the molecule is CC(C)(C)OC(=O)N1CCC(CCc2noc3c(COC4CCCCO4)c(/C=C\c4ccc(C#N)cc4)ccc23)CC1. The molecule has 42 heavy (non-hydrogen) atoms. The Kier molecular flexibility index (Phi) is 9.61. The van der Waals surface area contributed by atoms with Gasteiger partial charge in [0.1, 0.15) is 5.60 Å². The van der Waals surface area contributed by atoms with Crippen LogP contribution in [0.15, 0.2) is 40.9 Å². The maximum Gasteiger partial charge on any atom is 0.410 e. The second-order valence-corrected chi connectivity index (χ2v) is 12.3. The summed E-state index contributed by atoms with van der Waals surface area (Å²) in [7, 11) is 0. The van der Waals surface area contributed by atoms with Crippen LogP contribution >= 0.6 is 0 Å². The van der Waals surface area contributed by atoms with Crippen molar-refractivity contribution < 1.29 is 23.5 Å². The third kappa shape index (κ3) is 7.78. The molecule has 0 spiro atoms. The van der Waals surface area contributed by atoms with Crippen molar-refractivity contribution in [3.63, 3.8) is 0 Å². The van der Waals surface area contributed by atoms with Crippen LogP contribution in [0.5, 0.6) is 0 Å². The summed E-state index contributed by atoms with van der Waals surface area (Å²) in [5.74, 6) is 0.524. The second-order valence-electron chi connectivity index (χ2n) is 12.3. The lowest BCUT2D eigenvalue weighted by Crippen LogP contribution is -2.41. The molecule has 2 aliphatic heterocycles. The first-order valence-electron chi connectivity index (χ1n) is 15.1. The predicted octanol–water partition coefficient (Wildman–Crippen LogP) is 7.49. The highest BCUT2D eigenvalue weighted by Crippen LogP contribution is 2.31. The first-order valence-corrected chi connectivity index (χ1v) is 15.1. The third-order valence-electron chi connectivity index (χ3n) is 7.96. The van der Waals surface area contributed by atoms with Crippen molar-refractivity contribution in [3.05, 3.63) is 64.3 Å². The monoisotopic (exact) mass is 571 g/mol. The van der Waals surface area contributed by atoms with E-state index in [1.807, 2.05) is 56.0 Å². The van der Waals surface area contributed by atoms with E-state index in [1.54, 1.807) is 0 Å². The van der Waals surface area contributed by atoms with Crippen LogP contribution in [0.2, 0.25) is 0 Å². The maximum atomic E-state index is 12.4. The number of nitriles is 1. The molecule has 0 N–H and O–H groups in total. The quantitative estimate of drug-likeness (QED) is 0.258. The van der Waals surface area contributed by atoms with Gasteiger partial charge in [-0.3, -0.25) is 0 Å². The molecule has 2 aliphatic rings. The Hall–Kier alpha value is -3.67. The predicted molar refractivity (Wildman–Crippen MR) is 161 cm³/mol. The number of aromatic nitrogens is 1. The molecule has 0 bridgehead atoms. The van der Waals surface area contributed by atoms with E-state index < -0.39 is 5.60 Å². The number of benzene rings is 2. The normalized spacial score (nSPS) is 18.4. The van der Waals surface area contributed by atoms with Crippen molar-refractivity contribution in [1.29, 1.82) is 5.26 Å². The first kappa shape index (κ1) is 29.8. The zero-order chi connectivity index (χ0) is 29.5. The molecule has 1 aromatic heterocycles. The minimum Gasteiger partial charge on any atom is -0.444 e. The maximum absolute atomic E-state index is 12.4. The van der Waals surface area contributed by atoms with Gasteiger partial charge in [-0.25, -0.2) is 4.79 Å². The molecule has 8 nitrogen and oxygen atoms in total. The average molecular weight is 572 g/mol. The molecule has 2 saturated heterocycles. The lowest BCUT2D eigenvalue weighted by molar-refractivity contribution is -0.168. The van der Waals surface area contributed by atoms with E-state index in [9.17, 15) is 4.79 Å². The van der Waals surface area contributed by atoms with Crippen molar-refractivity contribution in [2.45, 2.75) is 84.2 Å². The van der Waals surface area contributed by atoms with Gasteiger partial charge in [-0.15, -0.1) is 0 Å². The van der Waals surface area contributed by atoms with Gasteiger partial charge in [0.25, 0.3) is 0 Å². The standard InChI is InChI=1S/C34H41N3O5/c1-34(2,3)41-33(38)37-19-17-25(18-20-37)12-16-30-28-15-14-27(13-11-24-7-9-26(22-35)10-8-24)29(32(28)42-36-30)23-40-31-6-4-5-21-39-31/h7-11,13-15,25,31H,4-6,12,16-21,23H2,1-3H3/b13-11-. The Balaban J connectivity index is 1.28. The molecule has 0 aliphatic carbocycles. The smallest absolute Gasteiger partial charge is 0.410 e. The minimum absolute atomic E-state index is 0.210. The number of likely N-dealkylation sites (tertiary alicyclic amines) is 1. The summed E-state index contributed by atoms with van der Waals surface area (Å²) in [6.07, 6.45) is 10.4. The number of ether oxygens (including phenoxy) is 3. The van der Waals surface area contributed by atoms with E-state index in [0.717, 1.165) is 98.0 Å². The van der Waals surface area contributed by atoms with Crippen molar-refractivity contribution in [2.24, 2.45) is 5.92 Å². The largest absolute Gasteiger partial charge is 0.444 e. The highest BCUT2D eigenvalue weighted by molar-refractivity contribution is 5.87. The van der Waals surface area contributed by atoms with E-state index in [4.69, 9.17) is 24.0 Å². The van der Waals surface area contributed by atoms with E-state index in [2.05, 4.69) is 29.4 Å². The summed E-state index contributed by atoms with van der Waals surface area (Å²) in [6, 6.07) is 13.9. The number of carbonyl (C=O) groups is 1. The van der Waals surface area contributed by atoms with Crippen LogP contribution in [0, 0.1) is 17.2 Å². The van der Waals surface area contributed by atoms with Crippen LogP contribution in [0.4, 0.5) is 4.79 Å². The van der Waals surface area contributed by atoms with Crippen LogP contribution in [-0.2, 0) is 27.2 Å². The van der Waals surface area contributed by atoms with E-state index in [1.165, 1.54) is 0 Å². The summed E-state index contributed by atoms with van der Waals surface area (Å²) >= 11 is 0. The number of hydrogen-bond acceptors (Lipinski definition) is 7. The Morgan fingerprint density at radius 3 is 2.57 bits per heavy atom. The number of hydrogen-bond donors (Lipinski definition) is 0. The Bertz CT molecular complexity index is 1420. The Morgan fingerprint density at radius 2 is 1.88 bits per heavy atom. The number of carbonyl (C=O) groups excluding carboxylic acids is 1. The summed E-state index contributed by atoms with van der Waals surface area (Å²) < 4.78 is 23.5. The van der Waals surface area contributed by atoms with Crippen molar-refractivity contribution in [3.8, 4) is 6.07 Å². The zero-order valence-electron chi connectivity index (χ0n) is 24.9. The molecule has 2 fully saturated rings. The number of piperidine rings is 1. The third-order valence-corrected chi connectivity index (χ3v) is 7.96. The van der Waals surface area contributed by atoms with E-state index in [0.29, 0.717) is 18.1 Å². The molecule has 0 radical (unpaired) electrons. The fourth-order valence-electron chi connectivity index (χ4n) is 5.56. The number of nitrogens with zero attached hydrogens (tertiary/aromatic N) is 3. The molecule has 0 saturated carbocycles. The molecule has 3 heterocycles. The molecule has 8 heteroatoms. The number of rotatable bonds is 8. The van der Waals surface area contributed by atoms with Gasteiger partial charge in [0.15, 0.2) is 11.9 Å². The number of amides is 1. The van der Waals surface area contributed by atoms with E-state index in [-0.39, 0.29) is 12.4 Å². The molecule has 1 atom stereocenters. The van der Waals surface area contributed by atoms with Crippen molar-refractivity contribution in [1.82, 2.24) is 10.1 Å². The molecular formula is C34H41N3O5. The Morgan fingerprint density at radius 1 is 1.10 bits per heavy atom. The lowest BCUT2D eigenvalue weighted by Gasteiger charge is -2.33. The van der Waals surface area contributed by atoms with Crippen molar-refractivity contribution >= 4 is 29.2 Å². The summed E-state index contributed by atoms with van der Waals surface area (Å²) in [5, 5.41) is 14.6. The van der Waals surface area contributed by atoms with Gasteiger partial charge in [0, 0.05) is 30.6 Å². The number of fused-ring (bicyclic) bond motifs is 1. The van der Waals surface area contributed by atoms with Crippen LogP contribution in [0.1, 0.15) is 87.2 Å². The van der Waals surface area contributed by atoms with Gasteiger partial charge in [0.2, 0.25) is 0 Å². The minimum atomic E-state index is -0.478. The van der Waals surface area contributed by atoms with Gasteiger partial charge in [0.05, 0.1) is 23.9 Å². The highest BCUT2D eigenvalue weighted by atomic mass is 16.7. The van der Waals surface area contributed by atoms with Gasteiger partial charge in [-0.05, 0) is 101 Å². The Labute approximate surface area is 248 Å². The average Bonchev–Trinajstić information content (AvgIpc) is 3.41. The van der Waals surface area contributed by atoms with Crippen LogP contribution < -0.4 is 0 Å². The molecule has 2 aromatic carbocycles. The van der Waals surface area contributed by atoms with E-state index >= 15 is 0 Å². The van der Waals surface area contributed by atoms with Crippen molar-refractivity contribution in [2.75, 3.05) is 19.7 Å². The number of aryl methyl sites for hydroxylation is 1. The van der Waals surface area contributed by atoms with Gasteiger partial charge in [-0.1, -0.05) is 35.5 Å². The topological polar surface area (TPSA) is 97.8 Å². The second kappa shape index (κ2) is 13.5. The fraction of sp³-hybridized carbons (Fsp3) is 0.500. The van der Waals surface area contributed by atoms with Crippen LogP contribution in [0.3, 0.4) is 0 Å². The molecule has 222 valence electrons. The molecular weight excluding hydrogens is 530 g/mol. The van der Waals surface area contributed by atoms with Gasteiger partial charge < -0.3 is 23.6 Å². The van der Waals surface area contributed by atoms with Gasteiger partial charge in [-0.2, -0.15) is 5.26 Å².